The van der Waals surface area contributed by atoms with Gasteiger partial charge in [-0.15, -0.1) is 11.3 Å². The number of ether oxygens (including phenoxy) is 2. The lowest BCUT2D eigenvalue weighted by Crippen LogP contribution is -2.32. The van der Waals surface area contributed by atoms with Gasteiger partial charge in [-0.2, -0.15) is 0 Å². The van der Waals surface area contributed by atoms with Crippen LogP contribution in [-0.2, 0) is 12.8 Å². The highest BCUT2D eigenvalue weighted by atomic mass is 32.1. The molecule has 0 spiro atoms. The summed E-state index contributed by atoms with van der Waals surface area (Å²) < 4.78 is 10.9. The molecule has 2 N–H and O–H groups in total. The van der Waals surface area contributed by atoms with Gasteiger partial charge in [0.15, 0.2) is 17.5 Å². The zero-order valence-corrected chi connectivity index (χ0v) is 17.0. The van der Waals surface area contributed by atoms with Crippen LogP contribution in [0.2, 0.25) is 0 Å². The number of guanidine groups is 1. The Labute approximate surface area is 159 Å². The van der Waals surface area contributed by atoms with Crippen LogP contribution in [0.5, 0.6) is 11.5 Å². The number of hydrogen-bond donors (Lipinski definition) is 2. The van der Waals surface area contributed by atoms with Crippen molar-refractivity contribution in [1.29, 1.82) is 0 Å². The number of aliphatic imine (C=N–C) groups is 1. The molecule has 0 amide bonds. The van der Waals surface area contributed by atoms with Crippen molar-refractivity contribution < 1.29 is 9.47 Å². The average Bonchev–Trinajstić information content (AvgIpc) is 3.01. The van der Waals surface area contributed by atoms with Crippen molar-refractivity contribution in [2.24, 2.45) is 4.99 Å². The van der Waals surface area contributed by atoms with Gasteiger partial charge >= 0.3 is 0 Å². The summed E-state index contributed by atoms with van der Waals surface area (Å²) in [5.41, 5.74) is 2.09. The first-order chi connectivity index (χ1) is 12.6. The molecule has 0 aliphatic rings. The Morgan fingerprint density at radius 1 is 1.27 bits per heavy atom. The maximum absolute atomic E-state index is 5.61. The summed E-state index contributed by atoms with van der Waals surface area (Å²) in [5.74, 6) is 2.13. The molecule has 0 bridgehead atoms. The zero-order valence-electron chi connectivity index (χ0n) is 16.2. The number of nitrogens with zero attached hydrogens (tertiary/aromatic N) is 2. The molecule has 142 valence electrons. The predicted octanol–water partition coefficient (Wildman–Crippen LogP) is 3.65. The Morgan fingerprint density at radius 3 is 2.69 bits per heavy atom. The van der Waals surface area contributed by atoms with Crippen LogP contribution in [0.1, 0.15) is 29.4 Å². The van der Waals surface area contributed by atoms with Crippen LogP contribution in [0.3, 0.4) is 0 Å². The van der Waals surface area contributed by atoms with Crippen LogP contribution in [0.4, 0.5) is 5.69 Å². The van der Waals surface area contributed by atoms with Crippen molar-refractivity contribution in [2.75, 3.05) is 32.6 Å². The van der Waals surface area contributed by atoms with Crippen LogP contribution in [0.15, 0.2) is 23.2 Å². The van der Waals surface area contributed by atoms with Crippen molar-refractivity contribution in [2.45, 2.75) is 33.6 Å². The molecule has 0 unspecified atom stereocenters. The van der Waals surface area contributed by atoms with Gasteiger partial charge in [0.25, 0.3) is 0 Å². The summed E-state index contributed by atoms with van der Waals surface area (Å²) in [6.45, 7) is 7.57. The monoisotopic (exact) mass is 376 g/mol. The van der Waals surface area contributed by atoms with Crippen molar-refractivity contribution in [1.82, 2.24) is 10.3 Å². The summed E-state index contributed by atoms with van der Waals surface area (Å²) in [7, 11) is 3.39. The third-order valence-electron chi connectivity index (χ3n) is 3.85. The van der Waals surface area contributed by atoms with E-state index in [-0.39, 0.29) is 0 Å². The van der Waals surface area contributed by atoms with Crippen molar-refractivity contribution >= 4 is 23.0 Å². The Hall–Kier alpha value is -2.28. The lowest BCUT2D eigenvalue weighted by atomic mass is 10.2. The van der Waals surface area contributed by atoms with Crippen LogP contribution >= 0.6 is 11.3 Å². The van der Waals surface area contributed by atoms with Gasteiger partial charge in [-0.3, -0.25) is 4.99 Å². The number of nitrogens with one attached hydrogen (secondary N) is 2. The van der Waals surface area contributed by atoms with Gasteiger partial charge in [-0.25, -0.2) is 4.98 Å². The first kappa shape index (κ1) is 20.0. The quantitative estimate of drug-likeness (QED) is 0.544. The van der Waals surface area contributed by atoms with Crippen molar-refractivity contribution in [3.8, 4) is 11.5 Å². The highest BCUT2D eigenvalue weighted by Gasteiger charge is 2.08. The largest absolute Gasteiger partial charge is 0.493 e. The molecule has 1 aromatic carbocycles. The van der Waals surface area contributed by atoms with Gasteiger partial charge in [0.05, 0.1) is 24.4 Å². The van der Waals surface area contributed by atoms with Crippen molar-refractivity contribution in [3.63, 3.8) is 0 Å². The number of thiazole rings is 1. The minimum Gasteiger partial charge on any atom is -0.493 e. The molecule has 6 nitrogen and oxygen atoms in total. The van der Waals surface area contributed by atoms with Gasteiger partial charge in [0.1, 0.15) is 0 Å². The average molecular weight is 377 g/mol. The topological polar surface area (TPSA) is 67.8 Å². The molecule has 0 aliphatic carbocycles. The van der Waals surface area contributed by atoms with Crippen molar-refractivity contribution in [3.05, 3.63) is 33.8 Å². The van der Waals surface area contributed by atoms with E-state index in [2.05, 4.69) is 34.5 Å². The summed E-state index contributed by atoms with van der Waals surface area (Å²) in [5, 5.41) is 7.76. The lowest BCUT2D eigenvalue weighted by molar-refractivity contribution is 0.311. The van der Waals surface area contributed by atoms with E-state index < -0.39 is 0 Å². The second-order valence-corrected chi connectivity index (χ2v) is 6.92. The van der Waals surface area contributed by atoms with Gasteiger partial charge in [0, 0.05) is 36.6 Å². The number of benzene rings is 1. The molecular weight excluding hydrogens is 348 g/mol. The maximum atomic E-state index is 5.61. The second-order valence-electron chi connectivity index (χ2n) is 5.64. The third kappa shape index (κ3) is 5.36. The summed E-state index contributed by atoms with van der Waals surface area (Å²) in [6.07, 6.45) is 1.86. The van der Waals surface area contributed by atoms with Crippen LogP contribution in [-0.4, -0.2) is 38.3 Å². The van der Waals surface area contributed by atoms with E-state index in [1.807, 2.05) is 25.1 Å². The molecule has 0 aliphatic heterocycles. The smallest absolute Gasteiger partial charge is 0.195 e. The Bertz CT molecular complexity index is 743. The van der Waals surface area contributed by atoms with Gasteiger partial charge in [-0.1, -0.05) is 6.92 Å². The molecule has 0 radical (unpaired) electrons. The zero-order chi connectivity index (χ0) is 18.9. The fraction of sp³-hybridized carbons (Fsp3) is 0.474. The normalized spacial score (nSPS) is 11.3. The number of rotatable bonds is 8. The summed E-state index contributed by atoms with van der Waals surface area (Å²) >= 11 is 1.77. The van der Waals surface area contributed by atoms with E-state index in [1.54, 1.807) is 25.5 Å². The number of anilines is 1. The molecule has 0 saturated carbocycles. The predicted molar refractivity (Wildman–Crippen MR) is 109 cm³/mol. The Morgan fingerprint density at radius 2 is 2.08 bits per heavy atom. The first-order valence-electron chi connectivity index (χ1n) is 8.84. The number of aryl methyl sites for hydroxylation is 2. The summed E-state index contributed by atoms with van der Waals surface area (Å²) in [6, 6.07) is 5.73. The molecule has 0 saturated heterocycles. The standard InChI is InChI=1S/C19H28N4O2S/c1-6-15-13(3)26-18(23-15)10-11-21-19(20-4)22-14-8-9-16(24-5)17(12-14)25-7-2/h8-9,12H,6-7,10-11H2,1-5H3,(H2,20,21,22). The summed E-state index contributed by atoms with van der Waals surface area (Å²) in [4.78, 5) is 10.3. The Balaban J connectivity index is 1.93. The van der Waals surface area contributed by atoms with E-state index >= 15 is 0 Å². The SMILES string of the molecule is CCOc1cc(NC(=NC)NCCc2nc(CC)c(C)s2)ccc1OC. The number of hydrogen-bond acceptors (Lipinski definition) is 5. The first-order valence-corrected chi connectivity index (χ1v) is 9.66. The van der Waals surface area contributed by atoms with E-state index in [9.17, 15) is 0 Å². The fourth-order valence-corrected chi connectivity index (χ4v) is 3.57. The minimum absolute atomic E-state index is 0.583. The Kier molecular flexibility index (Phi) is 7.72. The molecule has 26 heavy (non-hydrogen) atoms. The molecular formula is C19H28N4O2S. The number of methoxy groups -OCH3 is 1. The van der Waals surface area contributed by atoms with E-state index in [0.717, 1.165) is 30.1 Å². The molecule has 7 heteroatoms. The molecule has 1 aromatic heterocycles. The van der Waals surface area contributed by atoms with Gasteiger partial charge < -0.3 is 20.1 Å². The van der Waals surface area contributed by atoms with Crippen LogP contribution in [0.25, 0.3) is 0 Å². The second kappa shape index (κ2) is 10.0. The van der Waals surface area contributed by atoms with Gasteiger partial charge in [0.2, 0.25) is 0 Å². The number of aromatic nitrogens is 1. The molecule has 0 atom stereocenters. The molecule has 1 heterocycles. The maximum Gasteiger partial charge on any atom is 0.195 e. The van der Waals surface area contributed by atoms with E-state index in [4.69, 9.17) is 9.47 Å². The van der Waals surface area contributed by atoms with E-state index in [0.29, 0.717) is 24.1 Å². The molecule has 2 aromatic rings. The minimum atomic E-state index is 0.583. The third-order valence-corrected chi connectivity index (χ3v) is 4.93. The molecule has 2 rings (SSSR count). The highest BCUT2D eigenvalue weighted by molar-refractivity contribution is 7.11. The highest BCUT2D eigenvalue weighted by Crippen LogP contribution is 2.30. The van der Waals surface area contributed by atoms with Crippen LogP contribution in [0, 0.1) is 6.92 Å². The van der Waals surface area contributed by atoms with E-state index in [1.165, 1.54) is 10.6 Å². The van der Waals surface area contributed by atoms with Gasteiger partial charge in [-0.05, 0) is 32.4 Å². The van der Waals surface area contributed by atoms with Crippen LogP contribution < -0.4 is 20.1 Å². The molecule has 0 fully saturated rings. The lowest BCUT2D eigenvalue weighted by Gasteiger charge is -2.14. The fourth-order valence-electron chi connectivity index (χ4n) is 2.55.